The van der Waals surface area contributed by atoms with Gasteiger partial charge in [-0.1, -0.05) is 36.4 Å². The quantitative estimate of drug-likeness (QED) is 0.831. The molecule has 2 aromatic carbocycles. The Hall–Kier alpha value is -1.91. The molecule has 19 heavy (non-hydrogen) atoms. The highest BCUT2D eigenvalue weighted by Gasteiger charge is 2.18. The van der Waals surface area contributed by atoms with Crippen molar-refractivity contribution in [3.63, 3.8) is 0 Å². The van der Waals surface area contributed by atoms with Crippen LogP contribution in [0.15, 0.2) is 48.5 Å². The standard InChI is InChI=1S/C15H16FNO2/c1-15(17,18)12-7-8-14(13(16)9-12)19-10-11-5-3-2-4-6-11/h2-9,18H,10,17H2,1H3. The van der Waals surface area contributed by atoms with Crippen molar-refractivity contribution in [3.8, 4) is 5.75 Å². The Morgan fingerprint density at radius 1 is 1.21 bits per heavy atom. The molecule has 3 nitrogen and oxygen atoms in total. The molecule has 0 radical (unpaired) electrons. The zero-order chi connectivity index (χ0) is 13.9. The van der Waals surface area contributed by atoms with Gasteiger partial charge in [-0.2, -0.15) is 0 Å². The van der Waals surface area contributed by atoms with E-state index in [4.69, 9.17) is 10.5 Å². The molecule has 0 fully saturated rings. The molecule has 1 atom stereocenters. The fraction of sp³-hybridized carbons (Fsp3) is 0.200. The highest BCUT2D eigenvalue weighted by Crippen LogP contribution is 2.23. The summed E-state index contributed by atoms with van der Waals surface area (Å²) in [5.74, 6) is -0.406. The first-order chi connectivity index (χ1) is 8.97. The van der Waals surface area contributed by atoms with Crippen LogP contribution in [0.1, 0.15) is 18.1 Å². The zero-order valence-electron chi connectivity index (χ0n) is 10.6. The fourth-order valence-corrected chi connectivity index (χ4v) is 1.67. The molecule has 2 rings (SSSR count). The van der Waals surface area contributed by atoms with E-state index in [1.165, 1.54) is 19.1 Å². The van der Waals surface area contributed by atoms with Crippen molar-refractivity contribution in [2.24, 2.45) is 5.73 Å². The van der Waals surface area contributed by atoms with Crippen LogP contribution < -0.4 is 10.5 Å². The summed E-state index contributed by atoms with van der Waals surface area (Å²) >= 11 is 0. The van der Waals surface area contributed by atoms with Gasteiger partial charge in [-0.05, 0) is 24.6 Å². The van der Waals surface area contributed by atoms with Gasteiger partial charge in [0.1, 0.15) is 12.3 Å². The summed E-state index contributed by atoms with van der Waals surface area (Å²) in [6.45, 7) is 1.68. The van der Waals surface area contributed by atoms with Crippen molar-refractivity contribution in [3.05, 3.63) is 65.5 Å². The van der Waals surface area contributed by atoms with Crippen molar-refractivity contribution in [2.45, 2.75) is 19.3 Å². The maximum Gasteiger partial charge on any atom is 0.165 e. The lowest BCUT2D eigenvalue weighted by atomic mass is 10.1. The van der Waals surface area contributed by atoms with Crippen LogP contribution in [0.3, 0.4) is 0 Å². The topological polar surface area (TPSA) is 55.5 Å². The lowest BCUT2D eigenvalue weighted by Crippen LogP contribution is -2.32. The van der Waals surface area contributed by atoms with Crippen LogP contribution in [0.25, 0.3) is 0 Å². The van der Waals surface area contributed by atoms with E-state index in [1.54, 1.807) is 6.07 Å². The van der Waals surface area contributed by atoms with Crippen LogP contribution in [0.5, 0.6) is 5.75 Å². The molecule has 3 N–H and O–H groups in total. The molecule has 0 bridgehead atoms. The van der Waals surface area contributed by atoms with E-state index in [-0.39, 0.29) is 12.4 Å². The van der Waals surface area contributed by atoms with Crippen molar-refractivity contribution in [2.75, 3.05) is 0 Å². The summed E-state index contributed by atoms with van der Waals surface area (Å²) in [6.07, 6.45) is 0. The molecule has 1 unspecified atom stereocenters. The van der Waals surface area contributed by atoms with Crippen molar-refractivity contribution in [1.29, 1.82) is 0 Å². The zero-order valence-corrected chi connectivity index (χ0v) is 10.6. The van der Waals surface area contributed by atoms with Gasteiger partial charge in [0.2, 0.25) is 0 Å². The van der Waals surface area contributed by atoms with E-state index in [2.05, 4.69) is 0 Å². The van der Waals surface area contributed by atoms with Gasteiger partial charge < -0.3 is 15.6 Å². The van der Waals surface area contributed by atoms with Gasteiger partial charge in [-0.3, -0.25) is 0 Å². The number of halogens is 1. The smallest absolute Gasteiger partial charge is 0.165 e. The third-order valence-corrected chi connectivity index (χ3v) is 2.75. The minimum Gasteiger partial charge on any atom is -0.486 e. The van der Waals surface area contributed by atoms with Gasteiger partial charge in [0.05, 0.1) is 0 Å². The number of ether oxygens (including phenoxy) is 1. The van der Waals surface area contributed by atoms with Gasteiger partial charge in [0, 0.05) is 5.56 Å². The molecule has 4 heteroatoms. The van der Waals surface area contributed by atoms with Gasteiger partial charge in [0.25, 0.3) is 0 Å². The summed E-state index contributed by atoms with van der Waals surface area (Å²) in [7, 11) is 0. The average Bonchev–Trinajstić information content (AvgIpc) is 2.37. The first-order valence-corrected chi connectivity index (χ1v) is 5.95. The van der Waals surface area contributed by atoms with E-state index < -0.39 is 11.5 Å². The Labute approximate surface area is 111 Å². The number of hydrogen-bond acceptors (Lipinski definition) is 3. The normalized spacial score (nSPS) is 13.9. The molecule has 100 valence electrons. The van der Waals surface area contributed by atoms with Crippen molar-refractivity contribution < 1.29 is 14.2 Å². The predicted molar refractivity (Wildman–Crippen MR) is 70.9 cm³/mol. The Morgan fingerprint density at radius 2 is 1.89 bits per heavy atom. The van der Waals surface area contributed by atoms with E-state index in [9.17, 15) is 9.50 Å². The Balaban J connectivity index is 2.10. The number of benzene rings is 2. The maximum absolute atomic E-state index is 13.8. The molecule has 0 aliphatic heterocycles. The van der Waals surface area contributed by atoms with Crippen LogP contribution in [-0.4, -0.2) is 5.11 Å². The minimum atomic E-state index is -1.56. The first-order valence-electron chi connectivity index (χ1n) is 5.95. The van der Waals surface area contributed by atoms with Gasteiger partial charge in [-0.15, -0.1) is 0 Å². The number of nitrogens with two attached hydrogens (primary N) is 1. The molecule has 0 heterocycles. The van der Waals surface area contributed by atoms with E-state index in [0.717, 1.165) is 5.56 Å². The summed E-state index contributed by atoms with van der Waals surface area (Å²) < 4.78 is 19.2. The molecular formula is C15H16FNO2. The second kappa shape index (κ2) is 5.38. The summed E-state index contributed by atoms with van der Waals surface area (Å²) in [5.41, 5.74) is 5.19. The lowest BCUT2D eigenvalue weighted by molar-refractivity contribution is 0.0642. The highest BCUT2D eigenvalue weighted by molar-refractivity contribution is 5.32. The molecular weight excluding hydrogens is 245 g/mol. The second-order valence-electron chi connectivity index (χ2n) is 4.57. The SMILES string of the molecule is CC(N)(O)c1ccc(OCc2ccccc2)c(F)c1. The van der Waals surface area contributed by atoms with Crippen LogP contribution in [0, 0.1) is 5.82 Å². The van der Waals surface area contributed by atoms with Gasteiger partial charge in [0.15, 0.2) is 11.6 Å². The molecule has 0 amide bonds. The third kappa shape index (κ3) is 3.53. The number of aliphatic hydroxyl groups is 1. The molecule has 0 aliphatic rings. The Morgan fingerprint density at radius 3 is 2.47 bits per heavy atom. The average molecular weight is 261 g/mol. The number of rotatable bonds is 4. The third-order valence-electron chi connectivity index (χ3n) is 2.75. The van der Waals surface area contributed by atoms with Crippen molar-refractivity contribution in [1.82, 2.24) is 0 Å². The molecule has 0 spiro atoms. The summed E-state index contributed by atoms with van der Waals surface area (Å²) in [6, 6.07) is 13.7. The summed E-state index contributed by atoms with van der Waals surface area (Å²) in [5, 5.41) is 9.58. The minimum absolute atomic E-state index is 0.136. The predicted octanol–water partition coefficient (Wildman–Crippen LogP) is 2.53. The van der Waals surface area contributed by atoms with Crippen LogP contribution in [0.4, 0.5) is 4.39 Å². The first kappa shape index (κ1) is 13.5. The Kier molecular flexibility index (Phi) is 3.83. The summed E-state index contributed by atoms with van der Waals surface area (Å²) in [4.78, 5) is 0. The lowest BCUT2D eigenvalue weighted by Gasteiger charge is -2.18. The fourth-order valence-electron chi connectivity index (χ4n) is 1.67. The van der Waals surface area contributed by atoms with Gasteiger partial charge >= 0.3 is 0 Å². The molecule has 0 aromatic heterocycles. The van der Waals surface area contributed by atoms with Gasteiger partial charge in [-0.25, -0.2) is 4.39 Å². The molecule has 2 aromatic rings. The highest BCUT2D eigenvalue weighted by atomic mass is 19.1. The monoisotopic (exact) mass is 261 g/mol. The second-order valence-corrected chi connectivity index (χ2v) is 4.57. The van der Waals surface area contributed by atoms with Crippen LogP contribution >= 0.6 is 0 Å². The largest absolute Gasteiger partial charge is 0.486 e. The Bertz CT molecular complexity index is 550. The van der Waals surface area contributed by atoms with Crippen LogP contribution in [-0.2, 0) is 12.3 Å². The number of hydrogen-bond donors (Lipinski definition) is 2. The van der Waals surface area contributed by atoms with E-state index in [1.807, 2.05) is 30.3 Å². The molecule has 0 saturated carbocycles. The molecule has 0 saturated heterocycles. The van der Waals surface area contributed by atoms with Crippen LogP contribution in [0.2, 0.25) is 0 Å². The van der Waals surface area contributed by atoms with E-state index in [0.29, 0.717) is 5.56 Å². The van der Waals surface area contributed by atoms with Crippen molar-refractivity contribution >= 4 is 0 Å². The molecule has 0 aliphatic carbocycles. The maximum atomic E-state index is 13.8. The van der Waals surface area contributed by atoms with E-state index >= 15 is 0 Å².